The number of carbonyl (C=O) groups is 2. The first-order valence-corrected chi connectivity index (χ1v) is 9.82. The summed E-state index contributed by atoms with van der Waals surface area (Å²) in [5.74, 6) is -0.938. The van der Waals surface area contributed by atoms with Gasteiger partial charge in [-0.25, -0.2) is 0 Å². The second kappa shape index (κ2) is 11.9. The highest BCUT2D eigenvalue weighted by Crippen LogP contribution is 2.38. The second-order valence-electron chi connectivity index (χ2n) is 7.21. The van der Waals surface area contributed by atoms with Crippen LogP contribution >= 0.6 is 0 Å². The number of aliphatic hydroxyl groups excluding tert-OH is 2. The average molecular weight is 354 g/mol. The van der Waals surface area contributed by atoms with E-state index >= 15 is 0 Å². The molecule has 0 spiro atoms. The van der Waals surface area contributed by atoms with Gasteiger partial charge in [0.1, 0.15) is 17.3 Å². The van der Waals surface area contributed by atoms with Crippen molar-refractivity contribution in [3.8, 4) is 0 Å². The number of unbranched alkanes of at least 4 members (excludes halogenated alkanes) is 6. The Morgan fingerprint density at radius 2 is 1.60 bits per heavy atom. The van der Waals surface area contributed by atoms with Crippen molar-refractivity contribution in [1.29, 1.82) is 0 Å². The summed E-state index contributed by atoms with van der Waals surface area (Å²) in [6, 6.07) is 0. The largest absolute Gasteiger partial charge is 0.509 e. The molecule has 1 fully saturated rings. The zero-order valence-electron chi connectivity index (χ0n) is 15.5. The van der Waals surface area contributed by atoms with Crippen molar-refractivity contribution in [1.82, 2.24) is 0 Å². The maximum absolute atomic E-state index is 12.1. The van der Waals surface area contributed by atoms with Crippen LogP contribution in [0.25, 0.3) is 0 Å². The molecular formula is C20H34O5. The van der Waals surface area contributed by atoms with E-state index in [2.05, 4.69) is 6.92 Å². The molecule has 0 saturated heterocycles. The topological polar surface area (TPSA) is 94.8 Å². The van der Waals surface area contributed by atoms with Crippen molar-refractivity contribution < 1.29 is 24.9 Å². The van der Waals surface area contributed by atoms with E-state index in [-0.39, 0.29) is 35.6 Å². The Morgan fingerprint density at radius 1 is 0.960 bits per heavy atom. The van der Waals surface area contributed by atoms with E-state index in [1.807, 2.05) is 0 Å². The Hall–Kier alpha value is -1.52. The van der Waals surface area contributed by atoms with Gasteiger partial charge in [-0.05, 0) is 25.7 Å². The molecule has 0 unspecified atom stereocenters. The Balaban J connectivity index is 2.43. The first-order valence-electron chi connectivity index (χ1n) is 9.82. The van der Waals surface area contributed by atoms with Crippen LogP contribution in [0, 0.1) is 11.8 Å². The van der Waals surface area contributed by atoms with Gasteiger partial charge < -0.3 is 15.3 Å². The number of Topliss-reactive ketones (excluding diaryl/α,β-unsaturated/α-hetero) is 1. The lowest BCUT2D eigenvalue weighted by molar-refractivity contribution is -0.137. The third-order valence-corrected chi connectivity index (χ3v) is 5.17. The monoisotopic (exact) mass is 354 g/mol. The predicted octanol–water partition coefficient (Wildman–Crippen LogP) is 5.30. The zero-order chi connectivity index (χ0) is 18.7. The van der Waals surface area contributed by atoms with Gasteiger partial charge >= 0.3 is 5.97 Å². The Labute approximate surface area is 151 Å². The van der Waals surface area contributed by atoms with Crippen LogP contribution in [-0.2, 0) is 9.59 Å². The van der Waals surface area contributed by atoms with Gasteiger partial charge in [0.2, 0.25) is 0 Å². The van der Waals surface area contributed by atoms with Crippen LogP contribution in [0.3, 0.4) is 0 Å². The number of allylic oxidation sites excluding steroid dienone is 2. The summed E-state index contributed by atoms with van der Waals surface area (Å²) >= 11 is 0. The van der Waals surface area contributed by atoms with Crippen LogP contribution in [0.4, 0.5) is 0 Å². The molecule has 5 nitrogen and oxygen atoms in total. The molecule has 0 heterocycles. The quantitative estimate of drug-likeness (QED) is 0.308. The molecule has 0 aromatic heterocycles. The van der Waals surface area contributed by atoms with E-state index < -0.39 is 5.97 Å². The molecule has 0 aromatic carbocycles. The molecular weight excluding hydrogens is 320 g/mol. The maximum Gasteiger partial charge on any atom is 0.303 e. The van der Waals surface area contributed by atoms with Crippen molar-refractivity contribution in [3.63, 3.8) is 0 Å². The maximum atomic E-state index is 12.1. The summed E-state index contributed by atoms with van der Waals surface area (Å²) in [4.78, 5) is 22.6. The SMILES string of the molecule is CCCCCCC(O)=C(O)[C@H]1CCC(=O)[C@@H]1CCCCCCC(=O)O. The van der Waals surface area contributed by atoms with Crippen LogP contribution in [0.15, 0.2) is 11.5 Å². The standard InChI is InChI=1S/C20H34O5/c1-2-3-4-8-11-18(22)20(25)16-13-14-17(21)15(16)10-7-5-6-9-12-19(23)24/h15-16,22,25H,2-14H2,1H3,(H,23,24)/t15-,16+/m1/s1. The Morgan fingerprint density at radius 3 is 2.28 bits per heavy atom. The summed E-state index contributed by atoms with van der Waals surface area (Å²) < 4.78 is 0. The fraction of sp³-hybridized carbons (Fsp3) is 0.800. The summed E-state index contributed by atoms with van der Waals surface area (Å²) in [7, 11) is 0. The minimum atomic E-state index is -0.768. The molecule has 0 aromatic rings. The third kappa shape index (κ3) is 7.93. The molecule has 1 aliphatic rings. The molecule has 2 atom stereocenters. The van der Waals surface area contributed by atoms with E-state index in [9.17, 15) is 19.8 Å². The molecule has 3 N–H and O–H groups in total. The van der Waals surface area contributed by atoms with Crippen LogP contribution in [-0.4, -0.2) is 27.1 Å². The molecule has 0 bridgehead atoms. The van der Waals surface area contributed by atoms with Crippen LogP contribution in [0.1, 0.15) is 90.4 Å². The Bertz CT molecular complexity index is 455. The number of aliphatic hydroxyl groups is 2. The number of aliphatic carboxylic acids is 1. The first-order chi connectivity index (χ1) is 12.0. The highest BCUT2D eigenvalue weighted by molar-refractivity contribution is 5.83. The highest BCUT2D eigenvalue weighted by atomic mass is 16.4. The third-order valence-electron chi connectivity index (χ3n) is 5.17. The fourth-order valence-corrected chi connectivity index (χ4v) is 3.65. The average Bonchev–Trinajstić information content (AvgIpc) is 2.94. The van der Waals surface area contributed by atoms with Crippen molar-refractivity contribution in [3.05, 3.63) is 11.5 Å². The van der Waals surface area contributed by atoms with E-state index in [4.69, 9.17) is 5.11 Å². The normalized spacial score (nSPS) is 21.4. The summed E-state index contributed by atoms with van der Waals surface area (Å²) in [6.07, 6.45) is 9.91. The van der Waals surface area contributed by atoms with E-state index in [1.54, 1.807) is 0 Å². The molecule has 0 radical (unpaired) electrons. The second-order valence-corrected chi connectivity index (χ2v) is 7.21. The van der Waals surface area contributed by atoms with Gasteiger partial charge in [0, 0.05) is 31.1 Å². The van der Waals surface area contributed by atoms with Gasteiger partial charge in [-0.15, -0.1) is 0 Å². The Kier molecular flexibility index (Phi) is 10.3. The zero-order valence-corrected chi connectivity index (χ0v) is 15.5. The number of carboxylic acids is 1. The van der Waals surface area contributed by atoms with Gasteiger partial charge in [-0.1, -0.05) is 45.4 Å². The van der Waals surface area contributed by atoms with Gasteiger partial charge in [-0.2, -0.15) is 0 Å². The van der Waals surface area contributed by atoms with E-state index in [1.165, 1.54) is 0 Å². The smallest absolute Gasteiger partial charge is 0.303 e. The molecule has 0 aliphatic heterocycles. The summed E-state index contributed by atoms with van der Waals surface area (Å²) in [5.41, 5.74) is 0. The summed E-state index contributed by atoms with van der Waals surface area (Å²) in [5, 5.41) is 29.1. The lowest BCUT2D eigenvalue weighted by atomic mass is 9.87. The number of hydrogen-bond donors (Lipinski definition) is 3. The van der Waals surface area contributed by atoms with Gasteiger partial charge in [0.15, 0.2) is 0 Å². The molecule has 25 heavy (non-hydrogen) atoms. The highest BCUT2D eigenvalue weighted by Gasteiger charge is 2.37. The number of hydrogen-bond acceptors (Lipinski definition) is 4. The number of carboxylic acid groups (broad SMARTS) is 1. The van der Waals surface area contributed by atoms with Crippen LogP contribution in [0.5, 0.6) is 0 Å². The lowest BCUT2D eigenvalue weighted by Crippen LogP contribution is -2.18. The first kappa shape index (κ1) is 21.5. The predicted molar refractivity (Wildman–Crippen MR) is 97.6 cm³/mol. The van der Waals surface area contributed by atoms with Crippen molar-refractivity contribution >= 4 is 11.8 Å². The van der Waals surface area contributed by atoms with Crippen molar-refractivity contribution in [2.75, 3.05) is 0 Å². The van der Waals surface area contributed by atoms with Gasteiger partial charge in [0.25, 0.3) is 0 Å². The minimum absolute atomic E-state index is 0.0261. The molecule has 5 heteroatoms. The van der Waals surface area contributed by atoms with E-state index in [0.29, 0.717) is 32.1 Å². The molecule has 1 rings (SSSR count). The number of ketones is 1. The minimum Gasteiger partial charge on any atom is -0.509 e. The molecule has 1 saturated carbocycles. The summed E-state index contributed by atoms with van der Waals surface area (Å²) in [6.45, 7) is 2.13. The van der Waals surface area contributed by atoms with Crippen LogP contribution in [0.2, 0.25) is 0 Å². The number of rotatable bonds is 13. The molecule has 1 aliphatic carbocycles. The molecule has 144 valence electrons. The van der Waals surface area contributed by atoms with E-state index in [0.717, 1.165) is 44.9 Å². The van der Waals surface area contributed by atoms with Gasteiger partial charge in [-0.3, -0.25) is 9.59 Å². The number of carbonyl (C=O) groups excluding carboxylic acids is 1. The lowest BCUT2D eigenvalue weighted by Gasteiger charge is -2.19. The molecule has 0 amide bonds. The van der Waals surface area contributed by atoms with Crippen LogP contribution < -0.4 is 0 Å². The fourth-order valence-electron chi connectivity index (χ4n) is 3.65. The van der Waals surface area contributed by atoms with Gasteiger partial charge in [0.05, 0.1) is 0 Å². The van der Waals surface area contributed by atoms with Crippen molar-refractivity contribution in [2.24, 2.45) is 11.8 Å². The van der Waals surface area contributed by atoms with Crippen molar-refractivity contribution in [2.45, 2.75) is 90.4 Å².